The molecule has 0 spiro atoms. The van der Waals surface area contributed by atoms with Gasteiger partial charge in [0.1, 0.15) is 10.6 Å². The number of aryl methyl sites for hydroxylation is 1. The van der Waals surface area contributed by atoms with Gasteiger partial charge in [0, 0.05) is 10.3 Å². The fourth-order valence-corrected chi connectivity index (χ4v) is 5.92. The van der Waals surface area contributed by atoms with Crippen molar-refractivity contribution in [2.45, 2.75) is 38.8 Å². The molecule has 0 aliphatic heterocycles. The van der Waals surface area contributed by atoms with Gasteiger partial charge in [0.25, 0.3) is 5.91 Å². The summed E-state index contributed by atoms with van der Waals surface area (Å²) in [5, 5.41) is 3.70. The second-order valence-corrected chi connectivity index (χ2v) is 10.2. The minimum absolute atomic E-state index is 0.0284. The van der Waals surface area contributed by atoms with E-state index in [0.29, 0.717) is 28.1 Å². The Morgan fingerprint density at radius 1 is 1.10 bits per heavy atom. The van der Waals surface area contributed by atoms with Gasteiger partial charge < -0.3 is 19.2 Å². The zero-order valence-corrected chi connectivity index (χ0v) is 22.5. The Hall–Kier alpha value is -4.12. The molecule has 4 aromatic rings. The maximum Gasteiger partial charge on any atom is 0.416 e. The van der Waals surface area contributed by atoms with Crippen LogP contribution in [0.25, 0.3) is 11.0 Å². The molecule has 0 saturated heterocycles. The quantitative estimate of drug-likeness (QED) is 0.251. The molecule has 1 aliphatic carbocycles. The first-order chi connectivity index (χ1) is 19.2. The molecule has 208 valence electrons. The van der Waals surface area contributed by atoms with Crippen LogP contribution in [0.2, 0.25) is 0 Å². The van der Waals surface area contributed by atoms with E-state index in [9.17, 15) is 22.8 Å². The maximum atomic E-state index is 13.7. The number of anilines is 1. The highest BCUT2D eigenvalue weighted by Crippen LogP contribution is 2.39. The van der Waals surface area contributed by atoms with Crippen LogP contribution in [0.5, 0.6) is 5.75 Å². The van der Waals surface area contributed by atoms with Crippen molar-refractivity contribution in [3.63, 3.8) is 0 Å². The summed E-state index contributed by atoms with van der Waals surface area (Å²) in [4.78, 5) is 31.9. The van der Waals surface area contributed by atoms with Gasteiger partial charge in [-0.15, -0.1) is 11.3 Å². The normalized spacial score (nSPS) is 13.7. The molecular formula is C29H25F3N2O5S. The Labute approximate surface area is 231 Å². The van der Waals surface area contributed by atoms with Crippen molar-refractivity contribution in [1.82, 2.24) is 0 Å². The Morgan fingerprint density at radius 3 is 2.62 bits per heavy atom. The van der Waals surface area contributed by atoms with Crippen molar-refractivity contribution >= 4 is 44.9 Å². The van der Waals surface area contributed by atoms with Gasteiger partial charge in [-0.3, -0.25) is 4.79 Å². The van der Waals surface area contributed by atoms with Crippen molar-refractivity contribution in [2.24, 2.45) is 4.99 Å². The lowest BCUT2D eigenvalue weighted by molar-refractivity contribution is -0.137. The number of nitrogens with one attached hydrogen (secondary N) is 1. The number of alkyl halides is 3. The molecule has 0 atom stereocenters. The molecule has 0 bridgehead atoms. The first-order valence-electron chi connectivity index (χ1n) is 12.7. The first-order valence-corrected chi connectivity index (χ1v) is 13.5. The maximum absolute atomic E-state index is 13.7. The van der Waals surface area contributed by atoms with Gasteiger partial charge in [0.2, 0.25) is 5.55 Å². The van der Waals surface area contributed by atoms with Gasteiger partial charge in [-0.25, -0.2) is 9.79 Å². The van der Waals surface area contributed by atoms with Crippen LogP contribution in [-0.4, -0.2) is 25.6 Å². The number of thiophene rings is 1. The Morgan fingerprint density at radius 2 is 1.88 bits per heavy atom. The number of benzene rings is 2. The summed E-state index contributed by atoms with van der Waals surface area (Å²) in [6.07, 6.45) is -1.17. The number of carbonyl (C=O) groups excluding carboxylic acids is 2. The van der Waals surface area contributed by atoms with E-state index in [-0.39, 0.29) is 29.0 Å². The third-order valence-electron chi connectivity index (χ3n) is 6.48. The lowest BCUT2D eigenvalue weighted by Crippen LogP contribution is -2.22. The molecule has 0 saturated carbocycles. The van der Waals surface area contributed by atoms with Crippen LogP contribution in [0, 0.1) is 0 Å². The number of nitrogens with zero attached hydrogens (tertiary/aromatic N) is 1. The molecule has 2 aromatic heterocycles. The smallest absolute Gasteiger partial charge is 0.416 e. The standard InChI is InChI=1S/C29H25F3N2O5S/c1-3-38-28(36)23-19-11-4-5-13-22(19)40-27(23)34-25(35)20-14-16-8-6-12-21(37-2)24(16)39-26(20)33-18-10-7-9-17(15-18)29(30,31)32/h6-10,12,14-15H,3-5,11,13H2,1-2H3,(H,34,35). The number of rotatable bonds is 6. The predicted molar refractivity (Wildman–Crippen MR) is 144 cm³/mol. The first kappa shape index (κ1) is 27.4. The van der Waals surface area contributed by atoms with Crippen LogP contribution in [0.4, 0.5) is 23.9 Å². The number of hydrogen-bond acceptors (Lipinski definition) is 7. The largest absolute Gasteiger partial charge is 0.493 e. The molecule has 0 unspecified atom stereocenters. The van der Waals surface area contributed by atoms with Crippen molar-refractivity contribution in [2.75, 3.05) is 19.0 Å². The number of ether oxygens (including phenoxy) is 2. The van der Waals surface area contributed by atoms with E-state index in [4.69, 9.17) is 13.9 Å². The second-order valence-electron chi connectivity index (χ2n) is 9.09. The topological polar surface area (TPSA) is 90.1 Å². The summed E-state index contributed by atoms with van der Waals surface area (Å²) >= 11 is 1.32. The van der Waals surface area contributed by atoms with Crippen LogP contribution in [0.3, 0.4) is 0 Å². The summed E-state index contributed by atoms with van der Waals surface area (Å²) < 4.78 is 56.6. The number of methoxy groups -OCH3 is 1. The number of fused-ring (bicyclic) bond motifs is 2. The van der Waals surface area contributed by atoms with Crippen LogP contribution in [-0.2, 0) is 23.8 Å². The number of hydrogen-bond donors (Lipinski definition) is 1. The fourth-order valence-electron chi connectivity index (χ4n) is 4.64. The number of halogens is 3. The summed E-state index contributed by atoms with van der Waals surface area (Å²) in [5.41, 5.74) is 0.303. The van der Waals surface area contributed by atoms with Gasteiger partial charge >= 0.3 is 12.1 Å². The summed E-state index contributed by atoms with van der Waals surface area (Å²) in [6.45, 7) is 1.89. The van der Waals surface area contributed by atoms with E-state index in [2.05, 4.69) is 10.3 Å². The highest BCUT2D eigenvalue weighted by molar-refractivity contribution is 7.17. The highest BCUT2D eigenvalue weighted by atomic mass is 32.1. The van der Waals surface area contributed by atoms with E-state index in [1.54, 1.807) is 25.1 Å². The van der Waals surface area contributed by atoms with Crippen molar-refractivity contribution < 1.29 is 36.7 Å². The molecule has 11 heteroatoms. The number of esters is 1. The third-order valence-corrected chi connectivity index (χ3v) is 7.69. The molecule has 0 radical (unpaired) electrons. The Balaban J connectivity index is 1.64. The van der Waals surface area contributed by atoms with Gasteiger partial charge in [0.15, 0.2) is 11.3 Å². The average Bonchev–Trinajstić information content (AvgIpc) is 3.30. The van der Waals surface area contributed by atoms with E-state index < -0.39 is 23.6 Å². The molecule has 2 aromatic carbocycles. The van der Waals surface area contributed by atoms with Crippen LogP contribution in [0.15, 0.2) is 57.9 Å². The summed E-state index contributed by atoms with van der Waals surface area (Å²) in [6, 6.07) is 11.0. The Bertz CT molecular complexity index is 1670. The third kappa shape index (κ3) is 5.46. The van der Waals surface area contributed by atoms with Crippen LogP contribution < -0.4 is 15.6 Å². The van der Waals surface area contributed by atoms with Gasteiger partial charge in [0.05, 0.1) is 30.5 Å². The zero-order valence-electron chi connectivity index (χ0n) is 21.7. The van der Waals surface area contributed by atoms with Gasteiger partial charge in [-0.2, -0.15) is 13.2 Å². The average molecular weight is 571 g/mol. The molecule has 1 amide bonds. The zero-order chi connectivity index (χ0) is 28.4. The molecule has 5 rings (SSSR count). The molecular weight excluding hydrogens is 545 g/mol. The molecule has 1 aliphatic rings. The fraction of sp³-hybridized carbons (Fsp3) is 0.276. The molecule has 2 heterocycles. The summed E-state index contributed by atoms with van der Waals surface area (Å²) in [5.74, 6) is -0.789. The summed E-state index contributed by atoms with van der Waals surface area (Å²) in [7, 11) is 1.45. The van der Waals surface area contributed by atoms with Crippen molar-refractivity contribution in [3.8, 4) is 5.75 Å². The lowest BCUT2D eigenvalue weighted by Gasteiger charge is -2.12. The second kappa shape index (κ2) is 11.2. The van der Waals surface area contributed by atoms with Crippen LogP contribution in [0.1, 0.15) is 56.5 Å². The SMILES string of the molecule is CCOC(=O)c1c(NC(=O)c2cc3cccc(OC)c3oc2=Nc2cccc(C(F)(F)F)c2)sc2c1CCCC2. The van der Waals surface area contributed by atoms with E-state index >= 15 is 0 Å². The monoisotopic (exact) mass is 570 g/mol. The van der Waals surface area contributed by atoms with E-state index in [0.717, 1.165) is 41.8 Å². The molecule has 40 heavy (non-hydrogen) atoms. The minimum atomic E-state index is -4.57. The number of amides is 1. The van der Waals surface area contributed by atoms with E-state index in [1.807, 2.05) is 0 Å². The lowest BCUT2D eigenvalue weighted by atomic mass is 9.95. The van der Waals surface area contributed by atoms with E-state index in [1.165, 1.54) is 36.6 Å². The molecule has 1 N–H and O–H groups in total. The molecule has 0 fully saturated rings. The van der Waals surface area contributed by atoms with Crippen molar-refractivity contribution in [1.29, 1.82) is 0 Å². The minimum Gasteiger partial charge on any atom is -0.493 e. The van der Waals surface area contributed by atoms with Gasteiger partial charge in [-0.1, -0.05) is 18.2 Å². The highest BCUT2D eigenvalue weighted by Gasteiger charge is 2.31. The van der Waals surface area contributed by atoms with Crippen molar-refractivity contribution in [3.05, 3.63) is 81.2 Å². The number of carbonyl (C=O) groups is 2. The van der Waals surface area contributed by atoms with Gasteiger partial charge in [-0.05, 0) is 68.5 Å². The van der Waals surface area contributed by atoms with Crippen LogP contribution >= 0.6 is 11.3 Å². The molecule has 7 nitrogen and oxygen atoms in total. The predicted octanol–water partition coefficient (Wildman–Crippen LogP) is 7.06. The Kier molecular flexibility index (Phi) is 7.66. The number of para-hydroxylation sites is 1.